The molecule has 0 saturated carbocycles. The Bertz CT molecular complexity index is 3540. The number of benzene rings is 8. The summed E-state index contributed by atoms with van der Waals surface area (Å²) < 4.78 is 180. The van der Waals surface area contributed by atoms with Gasteiger partial charge in [-0.15, -0.1) is 0 Å². The van der Waals surface area contributed by atoms with E-state index in [1.165, 1.54) is 6.07 Å². The largest absolute Gasteiger partial charge is 0.458 e. The van der Waals surface area contributed by atoms with Crippen molar-refractivity contribution >= 4 is 57.2 Å². The van der Waals surface area contributed by atoms with Gasteiger partial charge in [-0.25, -0.2) is 0 Å². The van der Waals surface area contributed by atoms with Gasteiger partial charge in [0.2, 0.25) is 0 Å². The molecule has 0 atom stereocenters. The van der Waals surface area contributed by atoms with E-state index in [-0.39, 0.29) is 33.7 Å². The van der Waals surface area contributed by atoms with Gasteiger partial charge < -0.3 is 14.5 Å². The van der Waals surface area contributed by atoms with Gasteiger partial charge in [0.1, 0.15) is 11.5 Å². The summed E-state index contributed by atoms with van der Waals surface area (Å²) in [6, 6.07) is 8.87. The van der Waals surface area contributed by atoms with Gasteiger partial charge in [0.25, 0.3) is 6.71 Å². The van der Waals surface area contributed by atoms with Crippen LogP contribution in [0.5, 0.6) is 11.5 Å². The van der Waals surface area contributed by atoms with Crippen LogP contribution in [0.4, 0.5) is 34.1 Å². The Hall–Kier alpha value is -6.78. The molecule has 0 bridgehead atoms. The van der Waals surface area contributed by atoms with E-state index in [4.69, 9.17) is 32.2 Å². The van der Waals surface area contributed by atoms with Gasteiger partial charge in [-0.2, -0.15) is 0 Å². The van der Waals surface area contributed by atoms with E-state index in [9.17, 15) is 0 Å². The van der Waals surface area contributed by atoms with Crippen LogP contribution in [0.1, 0.15) is 27.4 Å². The Labute approximate surface area is 332 Å². The Morgan fingerprint density at radius 3 is 1.69 bits per heavy atom. The van der Waals surface area contributed by atoms with E-state index in [0.717, 1.165) is 4.90 Å². The van der Waals surface area contributed by atoms with Gasteiger partial charge in [-0.05, 0) is 93.1 Å². The molecule has 0 fully saturated rings. The second-order valence-electron chi connectivity index (χ2n) is 11.9. The highest BCUT2D eigenvalue weighted by molar-refractivity contribution is 6.99. The molecular weight excluding hydrogens is 631 g/mol. The first-order chi connectivity index (χ1) is 34.1. The molecule has 0 aliphatic carbocycles. The maximum absolute atomic E-state index is 9.14. The summed E-state index contributed by atoms with van der Waals surface area (Å²) in [4.78, 5) is 2.78. The van der Waals surface area contributed by atoms with Crippen molar-refractivity contribution in [3.63, 3.8) is 0 Å². The molecule has 0 saturated heterocycles. The van der Waals surface area contributed by atoms with Gasteiger partial charge >= 0.3 is 0 Å². The number of rotatable bonds is 6. The Balaban J connectivity index is 1.32. The molecule has 0 radical (unpaired) electrons. The Morgan fingerprint density at radius 1 is 0.462 bits per heavy atom. The predicted molar refractivity (Wildman–Crippen MR) is 218 cm³/mol. The highest BCUT2D eigenvalue weighted by atomic mass is 16.5. The molecule has 0 spiro atoms. The van der Waals surface area contributed by atoms with E-state index in [1.54, 1.807) is 71.6 Å². The number of anilines is 6. The van der Waals surface area contributed by atoms with Crippen molar-refractivity contribution < 1.29 is 32.2 Å². The van der Waals surface area contributed by atoms with Crippen molar-refractivity contribution in [1.82, 2.24) is 0 Å². The predicted octanol–water partition coefficient (Wildman–Crippen LogP) is 10.9. The van der Waals surface area contributed by atoms with Crippen LogP contribution < -0.4 is 30.9 Å². The standard InChI is InChI=1S/C48H33BN2O/c1-5-15-34(16-6-1)36-25-28-40(29-26-36)51-44-30-27-37(35-17-7-2-8-18-35)31-43(44)49-42-23-13-14-24-46(42)52-47-33-41(32-45(51)48(47)49)50(38-19-9-3-10-20-38)39-21-11-4-12-22-39/h1-33H/i1D,2D,3D,4D,5D,6D,7D,8D,9D,10D,11D,12D,15D,16D,17D,18D,19D,20D,21D,22D. The smallest absolute Gasteiger partial charge is 0.256 e. The number of ether oxygens (including phenoxy) is 1. The molecule has 8 aromatic rings. The average Bonchev–Trinajstić information content (AvgIpc) is 3.38. The number of para-hydroxylation sites is 3. The van der Waals surface area contributed by atoms with Gasteiger partial charge in [-0.1, -0.05) is 139 Å². The molecular formula is C48H33BN2O. The first-order valence-corrected chi connectivity index (χ1v) is 16.2. The van der Waals surface area contributed by atoms with Gasteiger partial charge in [0, 0.05) is 34.5 Å². The van der Waals surface area contributed by atoms with Crippen molar-refractivity contribution in [1.29, 1.82) is 0 Å². The van der Waals surface area contributed by atoms with E-state index < -0.39 is 139 Å². The molecule has 8 aromatic carbocycles. The quantitative estimate of drug-likeness (QED) is 0.162. The van der Waals surface area contributed by atoms with Crippen LogP contribution in [-0.2, 0) is 0 Å². The zero-order chi connectivity index (χ0) is 51.8. The molecule has 3 nitrogen and oxygen atoms in total. The van der Waals surface area contributed by atoms with Crippen LogP contribution in [0.2, 0.25) is 0 Å². The van der Waals surface area contributed by atoms with Crippen molar-refractivity contribution in [3.05, 3.63) is 200 Å². The minimum absolute atomic E-state index is 0.0621. The van der Waals surface area contributed by atoms with Crippen LogP contribution in [0.25, 0.3) is 22.3 Å². The summed E-state index contributed by atoms with van der Waals surface area (Å²) >= 11 is 0. The van der Waals surface area contributed by atoms with Crippen LogP contribution in [-0.4, -0.2) is 6.71 Å². The zero-order valence-corrected chi connectivity index (χ0v) is 26.9. The van der Waals surface area contributed by atoms with Crippen LogP contribution in [0.15, 0.2) is 200 Å². The minimum atomic E-state index is -0.766. The van der Waals surface area contributed by atoms with Gasteiger partial charge in [-0.3, -0.25) is 0 Å². The maximum atomic E-state index is 9.14. The summed E-state index contributed by atoms with van der Waals surface area (Å²) in [6.07, 6.45) is 0. The second-order valence-corrected chi connectivity index (χ2v) is 11.9. The minimum Gasteiger partial charge on any atom is -0.458 e. The first kappa shape index (κ1) is 16.1. The van der Waals surface area contributed by atoms with E-state index in [0.29, 0.717) is 39.2 Å². The molecule has 244 valence electrons. The second kappa shape index (κ2) is 12.5. The fourth-order valence-electron chi connectivity index (χ4n) is 6.89. The SMILES string of the molecule is [2H]c1c([2H])c([2H])c(-c2ccc(N3c4ccc(-c5c([2H])c([2H])c([2H])c([2H])c5[2H])cc4B4c5ccccc5Oc5cc(N(c6c([2H])c([2H])c([2H])c([2H])c6[2H])c6c([2H])c([2H])c([2H])c([2H])c6[2H])cc3c54)cc2)c([2H])c1[2H]. The number of hydrogen-bond acceptors (Lipinski definition) is 3. The number of hydrogen-bond donors (Lipinski definition) is 0. The monoisotopic (exact) mass is 684 g/mol. The summed E-state index contributed by atoms with van der Waals surface area (Å²) in [5.41, 5.74) is 2.08. The lowest BCUT2D eigenvalue weighted by molar-refractivity contribution is 0.487. The van der Waals surface area contributed by atoms with Crippen molar-refractivity contribution in [2.75, 3.05) is 9.80 Å². The van der Waals surface area contributed by atoms with Crippen LogP contribution in [0, 0.1) is 0 Å². The molecule has 10 rings (SSSR count). The molecule has 0 aromatic heterocycles. The van der Waals surface area contributed by atoms with Crippen LogP contribution >= 0.6 is 0 Å². The highest BCUT2D eigenvalue weighted by Crippen LogP contribution is 2.46. The topological polar surface area (TPSA) is 15.7 Å². The number of nitrogens with zero attached hydrogens (tertiary/aromatic N) is 2. The summed E-state index contributed by atoms with van der Waals surface area (Å²) in [5.74, 6) is 0.474. The molecule has 2 heterocycles. The fraction of sp³-hybridized carbons (Fsp3) is 0. The van der Waals surface area contributed by atoms with Crippen molar-refractivity contribution in [3.8, 4) is 33.8 Å². The van der Waals surface area contributed by atoms with Crippen LogP contribution in [0.3, 0.4) is 0 Å². The fourth-order valence-corrected chi connectivity index (χ4v) is 6.89. The molecule has 0 unspecified atom stereocenters. The zero-order valence-electron chi connectivity index (χ0n) is 46.9. The van der Waals surface area contributed by atoms with E-state index >= 15 is 0 Å². The highest BCUT2D eigenvalue weighted by Gasteiger charge is 2.42. The third-order valence-corrected chi connectivity index (χ3v) is 9.05. The summed E-state index contributed by atoms with van der Waals surface area (Å²) in [6.45, 7) is -0.745. The third-order valence-electron chi connectivity index (χ3n) is 9.05. The van der Waals surface area contributed by atoms with Gasteiger partial charge in [0.05, 0.1) is 33.1 Å². The molecule has 0 amide bonds. The van der Waals surface area contributed by atoms with Gasteiger partial charge in [0.15, 0.2) is 0 Å². The third kappa shape index (κ3) is 5.08. The molecule has 2 aliphatic heterocycles. The molecule has 2 aliphatic rings. The average molecular weight is 685 g/mol. The normalized spacial score (nSPS) is 17.7. The Morgan fingerprint density at radius 2 is 1.04 bits per heavy atom. The first-order valence-electron chi connectivity index (χ1n) is 26.2. The Kier molecular flexibility index (Phi) is 3.87. The summed E-state index contributed by atoms with van der Waals surface area (Å²) in [7, 11) is 0. The lowest BCUT2D eigenvalue weighted by atomic mass is 9.34. The number of fused-ring (bicyclic) bond motifs is 4. The van der Waals surface area contributed by atoms with Crippen molar-refractivity contribution in [2.24, 2.45) is 0 Å². The maximum Gasteiger partial charge on any atom is 0.256 e. The lowest BCUT2D eigenvalue weighted by Crippen LogP contribution is -2.59. The molecule has 4 heteroatoms. The van der Waals surface area contributed by atoms with E-state index in [2.05, 4.69) is 0 Å². The van der Waals surface area contributed by atoms with Crippen molar-refractivity contribution in [2.45, 2.75) is 0 Å². The lowest BCUT2D eigenvalue weighted by Gasteiger charge is -2.41. The molecule has 0 N–H and O–H groups in total. The summed E-state index contributed by atoms with van der Waals surface area (Å²) in [5, 5.41) is 0. The molecule has 52 heavy (non-hydrogen) atoms. The van der Waals surface area contributed by atoms with E-state index in [1.807, 2.05) is 6.07 Å².